The Kier molecular flexibility index (Phi) is 3.55. The summed E-state index contributed by atoms with van der Waals surface area (Å²) >= 11 is 0. The van der Waals surface area contributed by atoms with E-state index in [2.05, 4.69) is 4.98 Å². The van der Waals surface area contributed by atoms with Crippen LogP contribution in [0.1, 0.15) is 5.69 Å². The van der Waals surface area contributed by atoms with Gasteiger partial charge in [-0.2, -0.15) is 4.98 Å². The van der Waals surface area contributed by atoms with Gasteiger partial charge < -0.3 is 4.74 Å². The molecule has 0 radical (unpaired) electrons. The predicted molar refractivity (Wildman–Crippen MR) is 65.2 cm³/mol. The smallest absolute Gasteiger partial charge is 0.347 e. The number of ether oxygens (including phenoxy) is 1. The first-order valence-electron chi connectivity index (χ1n) is 5.47. The van der Waals surface area contributed by atoms with Gasteiger partial charge in [0.15, 0.2) is 0 Å². The van der Waals surface area contributed by atoms with Gasteiger partial charge in [-0.15, -0.1) is 0 Å². The number of hydrogen-bond acceptors (Lipinski definition) is 3. The van der Waals surface area contributed by atoms with Crippen molar-refractivity contribution in [3.05, 3.63) is 58.8 Å². The summed E-state index contributed by atoms with van der Waals surface area (Å²) in [4.78, 5) is 15.3. The van der Waals surface area contributed by atoms with E-state index in [0.717, 1.165) is 11.4 Å². The largest absolute Gasteiger partial charge is 0.492 e. The van der Waals surface area contributed by atoms with Crippen LogP contribution < -0.4 is 10.4 Å². The maximum absolute atomic E-state index is 11.5. The maximum atomic E-state index is 11.5. The molecule has 0 saturated carbocycles. The SMILES string of the molecule is Cc1ccn(CCOc2ccccc2)c(=O)n1. The van der Waals surface area contributed by atoms with Crippen molar-refractivity contribution >= 4 is 0 Å². The number of benzene rings is 1. The van der Waals surface area contributed by atoms with Crippen LogP contribution in [0.3, 0.4) is 0 Å². The van der Waals surface area contributed by atoms with E-state index in [-0.39, 0.29) is 5.69 Å². The molecule has 0 fully saturated rings. The first-order valence-corrected chi connectivity index (χ1v) is 5.47. The molecule has 0 aliphatic rings. The molecule has 17 heavy (non-hydrogen) atoms. The molecular formula is C13H14N2O2. The second kappa shape index (κ2) is 5.30. The molecule has 4 nitrogen and oxygen atoms in total. The van der Waals surface area contributed by atoms with Crippen LogP contribution >= 0.6 is 0 Å². The average molecular weight is 230 g/mol. The molecule has 4 heteroatoms. The second-order valence-electron chi connectivity index (χ2n) is 3.71. The minimum absolute atomic E-state index is 0.235. The van der Waals surface area contributed by atoms with E-state index in [1.807, 2.05) is 36.4 Å². The Morgan fingerprint density at radius 1 is 1.24 bits per heavy atom. The summed E-state index contributed by atoms with van der Waals surface area (Å²) in [6.45, 7) is 2.75. The molecule has 0 bridgehead atoms. The average Bonchev–Trinajstić information content (AvgIpc) is 2.33. The standard InChI is InChI=1S/C13H14N2O2/c1-11-7-8-15(13(16)14-11)9-10-17-12-5-3-2-4-6-12/h2-8H,9-10H2,1H3. The Morgan fingerprint density at radius 3 is 2.71 bits per heavy atom. The van der Waals surface area contributed by atoms with E-state index in [4.69, 9.17) is 4.74 Å². The number of hydrogen-bond donors (Lipinski definition) is 0. The highest BCUT2D eigenvalue weighted by Gasteiger charge is 1.97. The second-order valence-corrected chi connectivity index (χ2v) is 3.71. The van der Waals surface area contributed by atoms with Gasteiger partial charge >= 0.3 is 5.69 Å². The minimum atomic E-state index is -0.235. The zero-order chi connectivity index (χ0) is 12.1. The molecular weight excluding hydrogens is 216 g/mol. The summed E-state index contributed by atoms with van der Waals surface area (Å²) in [5, 5.41) is 0. The Labute approximate surface area is 99.5 Å². The Hall–Kier alpha value is -2.10. The first-order chi connectivity index (χ1) is 8.25. The molecule has 0 aliphatic carbocycles. The molecule has 2 rings (SSSR count). The van der Waals surface area contributed by atoms with Gasteiger partial charge in [-0.3, -0.25) is 4.57 Å². The monoisotopic (exact) mass is 230 g/mol. The van der Waals surface area contributed by atoms with E-state index >= 15 is 0 Å². The summed E-state index contributed by atoms with van der Waals surface area (Å²) in [5.74, 6) is 0.806. The van der Waals surface area contributed by atoms with Gasteiger partial charge in [0.25, 0.3) is 0 Å². The highest BCUT2D eigenvalue weighted by Crippen LogP contribution is 2.07. The highest BCUT2D eigenvalue weighted by molar-refractivity contribution is 5.20. The van der Waals surface area contributed by atoms with Gasteiger partial charge in [0, 0.05) is 11.9 Å². The Balaban J connectivity index is 1.93. The van der Waals surface area contributed by atoms with Gasteiger partial charge in [0.2, 0.25) is 0 Å². The number of nitrogens with zero attached hydrogens (tertiary/aromatic N) is 2. The van der Waals surface area contributed by atoms with Crippen LogP contribution in [0.4, 0.5) is 0 Å². The lowest BCUT2D eigenvalue weighted by atomic mass is 10.3. The molecule has 0 saturated heterocycles. The highest BCUT2D eigenvalue weighted by atomic mass is 16.5. The quantitative estimate of drug-likeness (QED) is 0.801. The van der Waals surface area contributed by atoms with Crippen LogP contribution in [0.25, 0.3) is 0 Å². The normalized spacial score (nSPS) is 10.2. The fourth-order valence-electron chi connectivity index (χ4n) is 1.46. The number of aryl methyl sites for hydroxylation is 1. The van der Waals surface area contributed by atoms with Crippen molar-refractivity contribution in [2.45, 2.75) is 13.5 Å². The van der Waals surface area contributed by atoms with Gasteiger partial charge in [0.1, 0.15) is 12.4 Å². The van der Waals surface area contributed by atoms with E-state index < -0.39 is 0 Å². The lowest BCUT2D eigenvalue weighted by molar-refractivity contribution is 0.295. The molecule has 0 N–H and O–H groups in total. The summed E-state index contributed by atoms with van der Waals surface area (Å²) in [6, 6.07) is 11.3. The van der Waals surface area contributed by atoms with E-state index in [1.54, 1.807) is 13.1 Å². The molecule has 1 aromatic heterocycles. The lowest BCUT2D eigenvalue weighted by Gasteiger charge is -2.07. The number of aromatic nitrogens is 2. The third-order valence-electron chi connectivity index (χ3n) is 2.36. The molecule has 1 heterocycles. The van der Waals surface area contributed by atoms with Crippen LogP contribution in [-0.2, 0) is 6.54 Å². The fraction of sp³-hybridized carbons (Fsp3) is 0.231. The third-order valence-corrected chi connectivity index (χ3v) is 2.36. The fourth-order valence-corrected chi connectivity index (χ4v) is 1.46. The van der Waals surface area contributed by atoms with Gasteiger partial charge in [-0.25, -0.2) is 4.79 Å². The zero-order valence-corrected chi connectivity index (χ0v) is 9.67. The Bertz CT molecular complexity index is 535. The molecule has 88 valence electrons. The van der Waals surface area contributed by atoms with Crippen LogP contribution in [0.5, 0.6) is 5.75 Å². The topological polar surface area (TPSA) is 44.1 Å². The molecule has 0 spiro atoms. The third kappa shape index (κ3) is 3.17. The van der Waals surface area contributed by atoms with Crippen LogP contribution in [0.15, 0.2) is 47.4 Å². The minimum Gasteiger partial charge on any atom is -0.492 e. The van der Waals surface area contributed by atoms with Crippen molar-refractivity contribution in [2.24, 2.45) is 0 Å². The van der Waals surface area contributed by atoms with Crippen molar-refractivity contribution in [1.82, 2.24) is 9.55 Å². The van der Waals surface area contributed by atoms with Crippen molar-refractivity contribution in [3.63, 3.8) is 0 Å². The van der Waals surface area contributed by atoms with Gasteiger partial charge in [-0.05, 0) is 25.1 Å². The van der Waals surface area contributed by atoms with Crippen molar-refractivity contribution < 1.29 is 4.74 Å². The molecule has 0 atom stereocenters. The van der Waals surface area contributed by atoms with Crippen molar-refractivity contribution in [1.29, 1.82) is 0 Å². The molecule has 2 aromatic rings. The van der Waals surface area contributed by atoms with E-state index in [0.29, 0.717) is 13.2 Å². The lowest BCUT2D eigenvalue weighted by Crippen LogP contribution is -2.25. The summed E-state index contributed by atoms with van der Waals surface area (Å²) in [6.07, 6.45) is 1.74. The Morgan fingerprint density at radius 2 is 2.00 bits per heavy atom. The van der Waals surface area contributed by atoms with Crippen LogP contribution in [0.2, 0.25) is 0 Å². The van der Waals surface area contributed by atoms with Crippen molar-refractivity contribution in [3.8, 4) is 5.75 Å². The molecule has 0 unspecified atom stereocenters. The van der Waals surface area contributed by atoms with Crippen molar-refractivity contribution in [2.75, 3.05) is 6.61 Å². The first kappa shape index (κ1) is 11.4. The maximum Gasteiger partial charge on any atom is 0.347 e. The zero-order valence-electron chi connectivity index (χ0n) is 9.67. The summed E-state index contributed by atoms with van der Waals surface area (Å²) in [5.41, 5.74) is 0.497. The molecule has 0 amide bonds. The number of rotatable bonds is 4. The van der Waals surface area contributed by atoms with Crippen LogP contribution in [-0.4, -0.2) is 16.2 Å². The molecule has 0 aliphatic heterocycles. The summed E-state index contributed by atoms with van der Waals surface area (Å²) < 4.78 is 7.05. The summed E-state index contributed by atoms with van der Waals surface area (Å²) in [7, 11) is 0. The van der Waals surface area contributed by atoms with Gasteiger partial charge in [-0.1, -0.05) is 18.2 Å². The number of para-hydroxylation sites is 1. The van der Waals surface area contributed by atoms with E-state index in [9.17, 15) is 4.79 Å². The predicted octanol–water partition coefficient (Wildman–Crippen LogP) is 1.63. The molecule has 1 aromatic carbocycles. The van der Waals surface area contributed by atoms with Crippen LogP contribution in [0, 0.1) is 6.92 Å². The van der Waals surface area contributed by atoms with Gasteiger partial charge in [0.05, 0.1) is 6.54 Å². The van der Waals surface area contributed by atoms with E-state index in [1.165, 1.54) is 4.57 Å².